The Balaban J connectivity index is 1.56. The van der Waals surface area contributed by atoms with Crippen LogP contribution in [0.25, 0.3) is 11.3 Å². The van der Waals surface area contributed by atoms with Crippen molar-refractivity contribution >= 4 is 17.2 Å². The molecule has 2 saturated heterocycles. The molecule has 0 saturated carbocycles. The second kappa shape index (κ2) is 7.04. The molecule has 4 heterocycles. The summed E-state index contributed by atoms with van der Waals surface area (Å²) in [5.74, 6) is 0.115. The molecule has 3 aliphatic rings. The van der Waals surface area contributed by atoms with Crippen molar-refractivity contribution in [2.24, 2.45) is 0 Å². The van der Waals surface area contributed by atoms with Crippen LogP contribution in [0.4, 0.5) is 0 Å². The number of piperazine rings is 1. The maximum absolute atomic E-state index is 13.3. The van der Waals surface area contributed by atoms with Crippen LogP contribution in [0.15, 0.2) is 11.4 Å². The molecule has 144 valence electrons. The van der Waals surface area contributed by atoms with Gasteiger partial charge in [0.25, 0.3) is 5.91 Å². The van der Waals surface area contributed by atoms with Gasteiger partial charge in [-0.25, -0.2) is 0 Å². The highest BCUT2D eigenvalue weighted by Gasteiger charge is 2.34. The smallest absolute Gasteiger partial charge is 0.274 e. The number of nitrogens with zero attached hydrogens (tertiary/aromatic N) is 4. The summed E-state index contributed by atoms with van der Waals surface area (Å²) in [5, 5.41) is 7.12. The van der Waals surface area contributed by atoms with E-state index in [-0.39, 0.29) is 5.91 Å². The lowest BCUT2D eigenvalue weighted by atomic mass is 9.93. The minimum Gasteiger partial charge on any atom is -0.381 e. The first-order chi connectivity index (χ1) is 13.2. The summed E-state index contributed by atoms with van der Waals surface area (Å²) >= 11 is 1.82. The number of aromatic nitrogens is 2. The average Bonchev–Trinajstić information content (AvgIpc) is 3.33. The van der Waals surface area contributed by atoms with Crippen molar-refractivity contribution in [2.75, 3.05) is 46.4 Å². The molecule has 0 N–H and O–H groups in total. The summed E-state index contributed by atoms with van der Waals surface area (Å²) in [5.41, 5.74) is 4.34. The fourth-order valence-electron chi connectivity index (χ4n) is 4.50. The zero-order valence-corrected chi connectivity index (χ0v) is 16.6. The molecule has 1 amide bonds. The molecule has 2 aromatic rings. The number of thiophene rings is 1. The number of carbonyl (C=O) groups excluding carboxylic acids is 1. The van der Waals surface area contributed by atoms with Crippen molar-refractivity contribution in [3.63, 3.8) is 0 Å². The van der Waals surface area contributed by atoms with Gasteiger partial charge in [0.2, 0.25) is 0 Å². The number of likely N-dealkylation sites (N-methyl/N-ethyl adjacent to an activating group) is 1. The Morgan fingerprint density at radius 1 is 1.19 bits per heavy atom. The lowest BCUT2D eigenvalue weighted by molar-refractivity contribution is 0.0634. The van der Waals surface area contributed by atoms with E-state index in [9.17, 15) is 4.79 Å². The predicted octanol–water partition coefficient (Wildman–Crippen LogP) is 2.45. The molecule has 7 heteroatoms. The Morgan fingerprint density at radius 2 is 1.96 bits per heavy atom. The van der Waals surface area contributed by atoms with Crippen LogP contribution in [0.1, 0.15) is 39.8 Å². The quantitative estimate of drug-likeness (QED) is 0.796. The minimum atomic E-state index is 0.115. The summed E-state index contributed by atoms with van der Waals surface area (Å²) < 4.78 is 7.73. The van der Waals surface area contributed by atoms with Crippen molar-refractivity contribution in [1.29, 1.82) is 0 Å². The van der Waals surface area contributed by atoms with Crippen LogP contribution >= 0.6 is 11.3 Å². The summed E-state index contributed by atoms with van der Waals surface area (Å²) in [6.45, 7) is 5.00. The molecule has 1 aliphatic carbocycles. The monoisotopic (exact) mass is 386 g/mol. The van der Waals surface area contributed by atoms with Crippen LogP contribution in [0, 0.1) is 0 Å². The Morgan fingerprint density at radius 3 is 2.74 bits per heavy atom. The van der Waals surface area contributed by atoms with E-state index in [4.69, 9.17) is 9.84 Å². The maximum Gasteiger partial charge on any atom is 0.274 e. The van der Waals surface area contributed by atoms with Crippen molar-refractivity contribution in [2.45, 2.75) is 31.7 Å². The highest BCUT2D eigenvalue weighted by Crippen LogP contribution is 2.41. The number of hydrogen-bond donors (Lipinski definition) is 0. The van der Waals surface area contributed by atoms with E-state index in [1.165, 1.54) is 16.1 Å². The van der Waals surface area contributed by atoms with E-state index < -0.39 is 0 Å². The van der Waals surface area contributed by atoms with Gasteiger partial charge in [-0.15, -0.1) is 11.3 Å². The zero-order chi connectivity index (χ0) is 18.4. The van der Waals surface area contributed by atoms with Gasteiger partial charge in [0.1, 0.15) is 0 Å². The van der Waals surface area contributed by atoms with Crippen LogP contribution in [-0.2, 0) is 17.6 Å². The number of aryl methyl sites for hydroxylation is 1. The number of carbonyl (C=O) groups is 1. The van der Waals surface area contributed by atoms with Gasteiger partial charge in [-0.3, -0.25) is 9.48 Å². The molecule has 0 spiro atoms. The molecule has 0 radical (unpaired) electrons. The van der Waals surface area contributed by atoms with Gasteiger partial charge in [-0.2, -0.15) is 5.10 Å². The fraction of sp³-hybridized carbons (Fsp3) is 0.600. The third-order valence-corrected chi connectivity index (χ3v) is 7.12. The van der Waals surface area contributed by atoms with Crippen molar-refractivity contribution in [1.82, 2.24) is 19.6 Å². The highest BCUT2D eigenvalue weighted by atomic mass is 32.1. The van der Waals surface area contributed by atoms with Gasteiger partial charge in [-0.1, -0.05) is 0 Å². The number of rotatable bonds is 2. The van der Waals surface area contributed by atoms with E-state index in [0.29, 0.717) is 11.7 Å². The topological polar surface area (TPSA) is 50.6 Å². The lowest BCUT2D eigenvalue weighted by Crippen LogP contribution is -2.47. The Bertz CT molecular complexity index is 844. The highest BCUT2D eigenvalue weighted by molar-refractivity contribution is 7.10. The molecule has 6 nitrogen and oxygen atoms in total. The van der Waals surface area contributed by atoms with Crippen LogP contribution in [0.3, 0.4) is 0 Å². The van der Waals surface area contributed by atoms with Gasteiger partial charge in [-0.05, 0) is 44.2 Å². The number of hydrogen-bond acceptors (Lipinski definition) is 5. The van der Waals surface area contributed by atoms with Crippen LogP contribution in [0.2, 0.25) is 0 Å². The molecule has 2 fully saturated rings. The normalized spacial score (nSPS) is 21.1. The summed E-state index contributed by atoms with van der Waals surface area (Å²) in [6, 6.07) is 2.53. The number of amides is 1. The average molecular weight is 387 g/mol. The van der Waals surface area contributed by atoms with E-state index in [1.54, 1.807) is 0 Å². The first-order valence-electron chi connectivity index (χ1n) is 9.96. The largest absolute Gasteiger partial charge is 0.381 e. The zero-order valence-electron chi connectivity index (χ0n) is 15.8. The molecular weight excluding hydrogens is 360 g/mol. The van der Waals surface area contributed by atoms with Crippen molar-refractivity contribution < 1.29 is 9.53 Å². The molecule has 27 heavy (non-hydrogen) atoms. The van der Waals surface area contributed by atoms with Gasteiger partial charge >= 0.3 is 0 Å². The van der Waals surface area contributed by atoms with Gasteiger partial charge in [0.05, 0.1) is 11.7 Å². The minimum absolute atomic E-state index is 0.115. The molecule has 5 rings (SSSR count). The molecule has 2 aliphatic heterocycles. The maximum atomic E-state index is 13.3. The molecule has 0 bridgehead atoms. The van der Waals surface area contributed by atoms with Gasteiger partial charge < -0.3 is 14.5 Å². The van der Waals surface area contributed by atoms with Crippen molar-refractivity contribution in [3.05, 3.63) is 27.6 Å². The fourth-order valence-corrected chi connectivity index (χ4v) is 5.38. The third kappa shape index (κ3) is 3.02. The lowest BCUT2D eigenvalue weighted by Gasteiger charge is -2.32. The SMILES string of the molecule is CN1CCN(C(=O)c2nn(C3CCOCC3)c3c2CCc2sccc2-3)CC1. The Kier molecular flexibility index (Phi) is 4.53. The molecular formula is C20H26N4O2S. The Labute approximate surface area is 163 Å². The number of fused-ring (bicyclic) bond motifs is 3. The predicted molar refractivity (Wildman–Crippen MR) is 105 cm³/mol. The van der Waals surface area contributed by atoms with Crippen molar-refractivity contribution in [3.8, 4) is 11.3 Å². The molecule has 0 aromatic carbocycles. The first-order valence-corrected chi connectivity index (χ1v) is 10.8. The number of ether oxygens (including phenoxy) is 1. The molecule has 2 aromatic heterocycles. The third-order valence-electron chi connectivity index (χ3n) is 6.14. The van der Waals surface area contributed by atoms with Crippen LogP contribution in [-0.4, -0.2) is 71.9 Å². The summed E-state index contributed by atoms with van der Waals surface area (Å²) in [4.78, 5) is 19.0. The van der Waals surface area contributed by atoms with E-state index in [2.05, 4.69) is 28.1 Å². The van der Waals surface area contributed by atoms with E-state index in [1.807, 2.05) is 16.2 Å². The molecule has 0 unspecified atom stereocenters. The standard InChI is InChI=1S/C20H26N4O2S/c1-22-7-9-23(10-8-22)20(25)18-16-2-3-17-15(6-13-27-17)19(16)24(21-18)14-4-11-26-12-5-14/h6,13-14H,2-5,7-12H2,1H3. The van der Waals surface area contributed by atoms with Crippen LogP contribution in [0.5, 0.6) is 0 Å². The molecule has 0 atom stereocenters. The summed E-state index contributed by atoms with van der Waals surface area (Å²) in [6.07, 6.45) is 3.87. The second-order valence-corrected chi connectivity index (χ2v) is 8.82. The van der Waals surface area contributed by atoms with Gasteiger partial charge in [0.15, 0.2) is 5.69 Å². The van der Waals surface area contributed by atoms with Gasteiger partial charge in [0, 0.05) is 55.4 Å². The Hall–Kier alpha value is -1.70. The second-order valence-electron chi connectivity index (χ2n) is 7.82. The van der Waals surface area contributed by atoms with Crippen LogP contribution < -0.4 is 0 Å². The van der Waals surface area contributed by atoms with E-state index >= 15 is 0 Å². The first kappa shape index (κ1) is 17.4. The summed E-state index contributed by atoms with van der Waals surface area (Å²) in [7, 11) is 2.11. The van der Waals surface area contributed by atoms with E-state index in [0.717, 1.165) is 70.6 Å².